The second-order valence-corrected chi connectivity index (χ2v) is 5.39. The highest BCUT2D eigenvalue weighted by Gasteiger charge is 2.37. The molecule has 0 radical (unpaired) electrons. The fourth-order valence-corrected chi connectivity index (χ4v) is 2.49. The number of ether oxygens (including phenoxy) is 1. The summed E-state index contributed by atoms with van der Waals surface area (Å²) in [6.07, 6.45) is 0.901. The number of aromatic nitrogens is 1. The molecule has 0 bridgehead atoms. The predicted octanol–water partition coefficient (Wildman–Crippen LogP) is 1.44. The minimum absolute atomic E-state index is 0.00644. The predicted molar refractivity (Wildman–Crippen MR) is 56.1 cm³/mol. The number of nitrogens with zero attached hydrogens (tertiary/aromatic N) is 1. The van der Waals surface area contributed by atoms with Gasteiger partial charge < -0.3 is 10.1 Å². The van der Waals surface area contributed by atoms with E-state index in [0.717, 1.165) is 29.1 Å². The third-order valence-corrected chi connectivity index (χ3v) is 3.77. The van der Waals surface area contributed by atoms with Crippen LogP contribution in [-0.2, 0) is 11.2 Å². The van der Waals surface area contributed by atoms with Crippen molar-refractivity contribution in [1.82, 2.24) is 10.3 Å². The molecule has 1 aliphatic rings. The second-order valence-electron chi connectivity index (χ2n) is 3.26. The number of hydrogen-bond acceptors (Lipinski definition) is 4. The van der Waals surface area contributed by atoms with Crippen LogP contribution < -0.4 is 5.32 Å². The van der Waals surface area contributed by atoms with E-state index in [0.29, 0.717) is 0 Å². The van der Waals surface area contributed by atoms with Gasteiger partial charge in [0.05, 0.1) is 11.3 Å². The van der Waals surface area contributed by atoms with Crippen LogP contribution in [-0.4, -0.2) is 30.8 Å². The van der Waals surface area contributed by atoms with Crippen molar-refractivity contribution in [2.45, 2.75) is 12.0 Å². The lowest BCUT2D eigenvalue weighted by Crippen LogP contribution is -2.61. The minimum atomic E-state index is -0.00644. The van der Waals surface area contributed by atoms with Crippen molar-refractivity contribution < 1.29 is 4.74 Å². The molecule has 0 spiro atoms. The first kappa shape index (κ1) is 9.58. The monoisotopic (exact) mass is 262 g/mol. The zero-order valence-electron chi connectivity index (χ0n) is 7.34. The number of methoxy groups -OCH3 is 1. The zero-order chi connectivity index (χ0) is 9.31. The molecule has 1 N–H and O–H groups in total. The van der Waals surface area contributed by atoms with Crippen LogP contribution in [0, 0.1) is 0 Å². The summed E-state index contributed by atoms with van der Waals surface area (Å²) < 4.78 is 6.42. The Bertz CT molecular complexity index is 293. The van der Waals surface area contributed by atoms with E-state index in [1.165, 1.54) is 0 Å². The zero-order valence-corrected chi connectivity index (χ0v) is 9.74. The maximum atomic E-state index is 5.47. The number of nitrogens with one attached hydrogen (secondary N) is 1. The van der Waals surface area contributed by atoms with Gasteiger partial charge in [0, 0.05) is 32.0 Å². The highest BCUT2D eigenvalue weighted by molar-refractivity contribution is 9.11. The van der Waals surface area contributed by atoms with Crippen molar-refractivity contribution in [1.29, 1.82) is 0 Å². The average Bonchev–Trinajstić information content (AvgIpc) is 2.44. The van der Waals surface area contributed by atoms with Crippen LogP contribution in [0.15, 0.2) is 9.30 Å². The number of halogens is 1. The van der Waals surface area contributed by atoms with E-state index in [1.807, 2.05) is 0 Å². The van der Waals surface area contributed by atoms with Crippen LogP contribution >= 0.6 is 27.3 Å². The number of hydrogen-bond donors (Lipinski definition) is 1. The van der Waals surface area contributed by atoms with Gasteiger partial charge in [0.25, 0.3) is 0 Å². The maximum Gasteiger partial charge on any atom is 0.159 e. The van der Waals surface area contributed by atoms with Gasteiger partial charge in [-0.2, -0.15) is 0 Å². The van der Waals surface area contributed by atoms with E-state index in [1.54, 1.807) is 18.4 Å². The molecule has 0 aromatic carbocycles. The molecule has 1 saturated heterocycles. The van der Waals surface area contributed by atoms with Crippen molar-refractivity contribution in [3.63, 3.8) is 0 Å². The molecule has 1 aromatic heterocycles. The van der Waals surface area contributed by atoms with Gasteiger partial charge in [0.1, 0.15) is 0 Å². The Morgan fingerprint density at radius 3 is 2.92 bits per heavy atom. The standard InChI is InChI=1S/C8H11BrN2OS/c1-12-8(4-10-5-8)2-6-3-13-7(9)11-6/h3,10H,2,4-5H2,1H3. The number of thiazole rings is 1. The van der Waals surface area contributed by atoms with E-state index in [2.05, 4.69) is 31.6 Å². The summed E-state index contributed by atoms with van der Waals surface area (Å²) in [4.78, 5) is 4.35. The molecular formula is C8H11BrN2OS. The van der Waals surface area contributed by atoms with Crippen LogP contribution in [0.2, 0.25) is 0 Å². The smallest absolute Gasteiger partial charge is 0.159 e. The van der Waals surface area contributed by atoms with E-state index >= 15 is 0 Å². The highest BCUT2D eigenvalue weighted by Crippen LogP contribution is 2.24. The van der Waals surface area contributed by atoms with Crippen molar-refractivity contribution in [3.05, 3.63) is 15.0 Å². The Labute approximate surface area is 89.6 Å². The molecule has 0 amide bonds. The first-order valence-corrected chi connectivity index (χ1v) is 5.77. The van der Waals surface area contributed by atoms with Crippen LogP contribution in [0.3, 0.4) is 0 Å². The maximum absolute atomic E-state index is 5.47. The molecule has 1 aliphatic heterocycles. The van der Waals surface area contributed by atoms with E-state index in [4.69, 9.17) is 4.74 Å². The molecular weight excluding hydrogens is 252 g/mol. The summed E-state index contributed by atoms with van der Waals surface area (Å²) in [5.41, 5.74) is 1.10. The summed E-state index contributed by atoms with van der Waals surface area (Å²) in [7, 11) is 1.77. The van der Waals surface area contributed by atoms with Gasteiger partial charge in [-0.15, -0.1) is 11.3 Å². The van der Waals surface area contributed by atoms with Crippen LogP contribution in [0.25, 0.3) is 0 Å². The molecule has 0 saturated carbocycles. The summed E-state index contributed by atoms with van der Waals surface area (Å²) in [6.45, 7) is 1.86. The van der Waals surface area contributed by atoms with Gasteiger partial charge in [-0.1, -0.05) is 0 Å². The fraction of sp³-hybridized carbons (Fsp3) is 0.625. The number of rotatable bonds is 3. The van der Waals surface area contributed by atoms with Crippen molar-refractivity contribution in [2.24, 2.45) is 0 Å². The summed E-state index contributed by atoms with van der Waals surface area (Å²) >= 11 is 4.97. The topological polar surface area (TPSA) is 34.1 Å². The van der Waals surface area contributed by atoms with Crippen molar-refractivity contribution >= 4 is 27.3 Å². The van der Waals surface area contributed by atoms with Crippen LogP contribution in [0.5, 0.6) is 0 Å². The third kappa shape index (κ3) is 1.93. The first-order valence-electron chi connectivity index (χ1n) is 4.10. The van der Waals surface area contributed by atoms with Crippen LogP contribution in [0.4, 0.5) is 0 Å². The average molecular weight is 263 g/mol. The fourth-order valence-electron chi connectivity index (χ4n) is 1.44. The Morgan fingerprint density at radius 2 is 2.54 bits per heavy atom. The SMILES string of the molecule is COC1(Cc2csc(Br)n2)CNC1. The molecule has 72 valence electrons. The van der Waals surface area contributed by atoms with Gasteiger partial charge in [-0.05, 0) is 15.9 Å². The minimum Gasteiger partial charge on any atom is -0.375 e. The molecule has 5 heteroatoms. The molecule has 2 heterocycles. The lowest BCUT2D eigenvalue weighted by molar-refractivity contribution is -0.0508. The van der Waals surface area contributed by atoms with Gasteiger partial charge in [0.15, 0.2) is 3.92 Å². The lowest BCUT2D eigenvalue weighted by atomic mass is 9.91. The molecule has 2 rings (SSSR count). The third-order valence-electron chi connectivity index (χ3n) is 2.35. The summed E-state index contributed by atoms with van der Waals surface area (Å²) in [6, 6.07) is 0. The molecule has 0 atom stereocenters. The Morgan fingerprint density at radius 1 is 1.77 bits per heavy atom. The Hall–Kier alpha value is 0.0300. The van der Waals surface area contributed by atoms with Gasteiger partial charge in [-0.25, -0.2) is 4.98 Å². The normalized spacial score (nSPS) is 19.8. The highest BCUT2D eigenvalue weighted by atomic mass is 79.9. The molecule has 0 unspecified atom stereocenters. The summed E-state index contributed by atoms with van der Waals surface area (Å²) in [5, 5.41) is 5.29. The molecule has 1 fully saturated rings. The van der Waals surface area contributed by atoms with Gasteiger partial charge >= 0.3 is 0 Å². The lowest BCUT2D eigenvalue weighted by Gasteiger charge is -2.40. The van der Waals surface area contributed by atoms with Crippen molar-refractivity contribution in [2.75, 3.05) is 20.2 Å². The van der Waals surface area contributed by atoms with Crippen LogP contribution in [0.1, 0.15) is 5.69 Å². The quantitative estimate of drug-likeness (QED) is 0.896. The molecule has 13 heavy (non-hydrogen) atoms. The Balaban J connectivity index is 2.04. The van der Waals surface area contributed by atoms with Gasteiger partial charge in [0.2, 0.25) is 0 Å². The van der Waals surface area contributed by atoms with Gasteiger partial charge in [-0.3, -0.25) is 0 Å². The van der Waals surface area contributed by atoms with E-state index in [9.17, 15) is 0 Å². The molecule has 3 nitrogen and oxygen atoms in total. The Kier molecular flexibility index (Phi) is 2.69. The van der Waals surface area contributed by atoms with E-state index < -0.39 is 0 Å². The largest absolute Gasteiger partial charge is 0.375 e. The second kappa shape index (κ2) is 3.65. The first-order chi connectivity index (χ1) is 6.24. The summed E-state index contributed by atoms with van der Waals surface area (Å²) in [5.74, 6) is 0. The van der Waals surface area contributed by atoms with E-state index in [-0.39, 0.29) is 5.60 Å². The molecule has 0 aliphatic carbocycles. The van der Waals surface area contributed by atoms with Crippen molar-refractivity contribution in [3.8, 4) is 0 Å². The molecule has 1 aromatic rings.